The van der Waals surface area contributed by atoms with E-state index in [1.165, 1.54) is 5.56 Å². The molecule has 0 saturated heterocycles. The van der Waals surface area contributed by atoms with E-state index in [0.717, 1.165) is 11.3 Å². The molecule has 0 aliphatic carbocycles. The van der Waals surface area contributed by atoms with Gasteiger partial charge in [-0.2, -0.15) is 0 Å². The van der Waals surface area contributed by atoms with Crippen molar-refractivity contribution in [3.8, 4) is 0 Å². The molecule has 2 aromatic carbocycles. The second-order valence-corrected chi connectivity index (χ2v) is 5.58. The Kier molecular flexibility index (Phi) is 4.62. The van der Waals surface area contributed by atoms with E-state index in [4.69, 9.17) is 23.2 Å². The van der Waals surface area contributed by atoms with E-state index >= 15 is 0 Å². The number of hydrogen-bond donors (Lipinski definition) is 0. The highest BCUT2D eigenvalue weighted by atomic mass is 35.5. The molecular weight excluding hydrogens is 277 g/mol. The van der Waals surface area contributed by atoms with Gasteiger partial charge >= 0.3 is 0 Å². The third kappa shape index (κ3) is 4.09. The number of hydrogen-bond acceptors (Lipinski definition) is 1. The van der Waals surface area contributed by atoms with Gasteiger partial charge in [0.1, 0.15) is 0 Å². The summed E-state index contributed by atoms with van der Waals surface area (Å²) < 4.78 is 0. The third-order valence-electron chi connectivity index (χ3n) is 2.81. The molecule has 0 aromatic heterocycles. The Bertz CT molecular complexity index is 566. The van der Waals surface area contributed by atoms with Gasteiger partial charge in [0, 0.05) is 16.3 Å². The molecular formula is C16H15Cl2N. The van der Waals surface area contributed by atoms with Crippen LogP contribution in [0.3, 0.4) is 0 Å². The summed E-state index contributed by atoms with van der Waals surface area (Å²) in [6.45, 7) is 4.36. The summed E-state index contributed by atoms with van der Waals surface area (Å²) in [6, 6.07) is 13.6. The predicted octanol–water partition coefficient (Wildman–Crippen LogP) is 5.87. The molecule has 0 heterocycles. The van der Waals surface area contributed by atoms with Gasteiger partial charge in [0.05, 0.1) is 5.69 Å². The molecule has 0 N–H and O–H groups in total. The van der Waals surface area contributed by atoms with Crippen LogP contribution in [0.5, 0.6) is 0 Å². The highest BCUT2D eigenvalue weighted by Gasteiger charge is 1.98. The first-order valence-corrected chi connectivity index (χ1v) is 6.90. The summed E-state index contributed by atoms with van der Waals surface area (Å²) in [5.41, 5.74) is 3.13. The molecule has 3 heteroatoms. The average Bonchev–Trinajstić information content (AvgIpc) is 2.36. The van der Waals surface area contributed by atoms with Crippen LogP contribution in [0.25, 0.3) is 0 Å². The van der Waals surface area contributed by atoms with Crippen molar-refractivity contribution in [3.63, 3.8) is 0 Å². The van der Waals surface area contributed by atoms with Crippen LogP contribution in [-0.4, -0.2) is 6.21 Å². The van der Waals surface area contributed by atoms with Gasteiger partial charge in [0.15, 0.2) is 0 Å². The zero-order valence-electron chi connectivity index (χ0n) is 10.9. The Morgan fingerprint density at radius 3 is 2.05 bits per heavy atom. The molecule has 0 spiro atoms. The number of benzene rings is 2. The molecule has 1 nitrogen and oxygen atoms in total. The lowest BCUT2D eigenvalue weighted by Gasteiger charge is -2.04. The SMILES string of the molecule is CC(C)c1ccc(C=Nc2cc(Cl)cc(Cl)c2)cc1. The van der Waals surface area contributed by atoms with Gasteiger partial charge in [-0.05, 0) is 35.2 Å². The Hall–Kier alpha value is -1.31. The Labute approximate surface area is 123 Å². The quantitative estimate of drug-likeness (QED) is 0.627. The molecule has 19 heavy (non-hydrogen) atoms. The van der Waals surface area contributed by atoms with E-state index in [9.17, 15) is 0 Å². The minimum absolute atomic E-state index is 0.540. The van der Waals surface area contributed by atoms with Crippen molar-refractivity contribution >= 4 is 35.1 Å². The fourth-order valence-electron chi connectivity index (χ4n) is 1.73. The van der Waals surface area contributed by atoms with Crippen LogP contribution in [0.4, 0.5) is 5.69 Å². The molecule has 0 saturated carbocycles. The molecule has 0 aliphatic heterocycles. The molecule has 0 unspecified atom stereocenters. The standard InChI is InChI=1S/C16H15Cl2N/c1-11(2)13-5-3-12(4-6-13)10-19-16-8-14(17)7-15(18)9-16/h3-11H,1-2H3. The molecule has 2 aromatic rings. The Morgan fingerprint density at radius 2 is 1.53 bits per heavy atom. The Balaban J connectivity index is 2.17. The summed E-state index contributed by atoms with van der Waals surface area (Å²) in [6.07, 6.45) is 1.81. The van der Waals surface area contributed by atoms with Crippen molar-refractivity contribution < 1.29 is 0 Å². The van der Waals surface area contributed by atoms with Crippen LogP contribution in [0, 0.1) is 0 Å². The minimum Gasteiger partial charge on any atom is -0.256 e. The number of halogens is 2. The van der Waals surface area contributed by atoms with Crippen LogP contribution in [0.2, 0.25) is 10.0 Å². The van der Waals surface area contributed by atoms with E-state index in [1.807, 2.05) is 6.21 Å². The van der Waals surface area contributed by atoms with Crippen LogP contribution in [-0.2, 0) is 0 Å². The topological polar surface area (TPSA) is 12.4 Å². The van der Waals surface area contributed by atoms with Crippen LogP contribution < -0.4 is 0 Å². The van der Waals surface area contributed by atoms with E-state index in [-0.39, 0.29) is 0 Å². The Morgan fingerprint density at radius 1 is 0.947 bits per heavy atom. The van der Waals surface area contributed by atoms with Crippen molar-refractivity contribution in [1.29, 1.82) is 0 Å². The maximum atomic E-state index is 5.93. The fourth-order valence-corrected chi connectivity index (χ4v) is 2.24. The molecule has 0 aliphatic rings. The highest BCUT2D eigenvalue weighted by molar-refractivity contribution is 6.35. The summed E-state index contributed by atoms with van der Waals surface area (Å²) in [7, 11) is 0. The van der Waals surface area contributed by atoms with Crippen LogP contribution >= 0.6 is 23.2 Å². The van der Waals surface area contributed by atoms with Crippen molar-refractivity contribution in [2.45, 2.75) is 19.8 Å². The molecule has 0 radical (unpaired) electrons. The van der Waals surface area contributed by atoms with Crippen molar-refractivity contribution in [2.75, 3.05) is 0 Å². The number of rotatable bonds is 3. The van der Waals surface area contributed by atoms with Gasteiger partial charge in [0.25, 0.3) is 0 Å². The first kappa shape index (κ1) is 14.1. The molecule has 0 fully saturated rings. The van der Waals surface area contributed by atoms with Gasteiger partial charge in [-0.1, -0.05) is 61.3 Å². The summed E-state index contributed by atoms with van der Waals surface area (Å²) >= 11 is 11.9. The maximum Gasteiger partial charge on any atom is 0.0659 e. The zero-order valence-corrected chi connectivity index (χ0v) is 12.4. The van der Waals surface area contributed by atoms with E-state index < -0.39 is 0 Å². The van der Waals surface area contributed by atoms with Gasteiger partial charge < -0.3 is 0 Å². The number of nitrogens with zero attached hydrogens (tertiary/aromatic N) is 1. The largest absolute Gasteiger partial charge is 0.256 e. The van der Waals surface area contributed by atoms with E-state index in [1.54, 1.807) is 18.2 Å². The zero-order chi connectivity index (χ0) is 13.8. The molecule has 0 bridgehead atoms. The van der Waals surface area contributed by atoms with Gasteiger partial charge in [-0.15, -0.1) is 0 Å². The fraction of sp³-hybridized carbons (Fsp3) is 0.188. The smallest absolute Gasteiger partial charge is 0.0659 e. The second-order valence-electron chi connectivity index (χ2n) is 4.71. The lowest BCUT2D eigenvalue weighted by atomic mass is 10.0. The van der Waals surface area contributed by atoms with Crippen molar-refractivity contribution in [3.05, 3.63) is 63.6 Å². The van der Waals surface area contributed by atoms with Gasteiger partial charge in [-0.25, -0.2) is 0 Å². The number of aliphatic imine (C=N–C) groups is 1. The third-order valence-corrected chi connectivity index (χ3v) is 3.25. The summed E-state index contributed by atoms with van der Waals surface area (Å²) in [5, 5.41) is 1.18. The maximum absolute atomic E-state index is 5.93. The lowest BCUT2D eigenvalue weighted by Crippen LogP contribution is -1.88. The first-order valence-electron chi connectivity index (χ1n) is 6.15. The van der Waals surface area contributed by atoms with E-state index in [2.05, 4.69) is 43.1 Å². The van der Waals surface area contributed by atoms with E-state index in [0.29, 0.717) is 16.0 Å². The summed E-state index contributed by atoms with van der Waals surface area (Å²) in [5.74, 6) is 0.540. The molecule has 0 amide bonds. The van der Waals surface area contributed by atoms with Crippen molar-refractivity contribution in [1.82, 2.24) is 0 Å². The van der Waals surface area contributed by atoms with Crippen molar-refractivity contribution in [2.24, 2.45) is 4.99 Å². The second kappa shape index (κ2) is 6.23. The van der Waals surface area contributed by atoms with Crippen LogP contribution in [0.15, 0.2) is 47.5 Å². The molecule has 0 atom stereocenters. The monoisotopic (exact) mass is 291 g/mol. The normalized spacial score (nSPS) is 11.4. The molecule has 2 rings (SSSR count). The van der Waals surface area contributed by atoms with Crippen LogP contribution in [0.1, 0.15) is 30.9 Å². The highest BCUT2D eigenvalue weighted by Crippen LogP contribution is 2.24. The summed E-state index contributed by atoms with van der Waals surface area (Å²) in [4.78, 5) is 4.38. The predicted molar refractivity (Wildman–Crippen MR) is 84.2 cm³/mol. The average molecular weight is 292 g/mol. The minimum atomic E-state index is 0.540. The van der Waals surface area contributed by atoms with Gasteiger partial charge in [-0.3, -0.25) is 4.99 Å². The first-order chi connectivity index (χ1) is 9.04. The van der Waals surface area contributed by atoms with Gasteiger partial charge in [0.2, 0.25) is 0 Å². The lowest BCUT2D eigenvalue weighted by molar-refractivity contribution is 0.866. The molecule has 98 valence electrons.